The molecule has 3 heteroatoms. The molecule has 0 radical (unpaired) electrons. The minimum atomic E-state index is -2.77. The van der Waals surface area contributed by atoms with Crippen LogP contribution in [0.3, 0.4) is 0 Å². The minimum absolute atomic E-state index is 0.238. The first-order valence-electron chi connectivity index (χ1n) is 7.83. The van der Waals surface area contributed by atoms with Gasteiger partial charge in [-0.3, -0.25) is 4.57 Å². The second-order valence-electron chi connectivity index (χ2n) is 5.80. The fourth-order valence-electron chi connectivity index (χ4n) is 3.10. The van der Waals surface area contributed by atoms with E-state index in [9.17, 15) is 4.57 Å². The van der Waals surface area contributed by atoms with Gasteiger partial charge in [0.25, 0.3) is 0 Å². The summed E-state index contributed by atoms with van der Waals surface area (Å²) < 4.78 is 16.2. The first kappa shape index (κ1) is 14.4. The summed E-state index contributed by atoms with van der Waals surface area (Å²) in [4.78, 5) is 0. The highest BCUT2D eigenvalue weighted by molar-refractivity contribution is 7.76. The van der Waals surface area contributed by atoms with Crippen LogP contribution in [0.15, 0.2) is 91.0 Å². The molecule has 1 aliphatic rings. The standard InChI is InChI=1S/C20H18NOP/c22-23(18-12-6-2-7-13-18,19-14-8-3-9-15-19)21-16-20(21)17-10-4-1-5-11-17/h1-15,20H,16H2/t20-,21?/m1/s1. The zero-order valence-corrected chi connectivity index (χ0v) is 13.6. The van der Waals surface area contributed by atoms with Crippen LogP contribution in [0.25, 0.3) is 0 Å². The van der Waals surface area contributed by atoms with Crippen LogP contribution >= 0.6 is 7.29 Å². The van der Waals surface area contributed by atoms with Crippen molar-refractivity contribution in [1.29, 1.82) is 0 Å². The quantitative estimate of drug-likeness (QED) is 0.535. The normalized spacial score (nSPS) is 20.2. The predicted molar refractivity (Wildman–Crippen MR) is 95.6 cm³/mol. The summed E-state index contributed by atoms with van der Waals surface area (Å²) in [6.07, 6.45) is 0. The molecule has 1 aliphatic heterocycles. The lowest BCUT2D eigenvalue weighted by atomic mass is 10.2. The molecule has 114 valence electrons. The molecule has 1 saturated heterocycles. The molecule has 1 fully saturated rings. The third-order valence-electron chi connectivity index (χ3n) is 4.34. The maximum absolute atomic E-state index is 14.1. The average molecular weight is 319 g/mol. The fourth-order valence-corrected chi connectivity index (χ4v) is 6.05. The van der Waals surface area contributed by atoms with Crippen molar-refractivity contribution in [2.24, 2.45) is 0 Å². The smallest absolute Gasteiger partial charge is 0.207 e. The van der Waals surface area contributed by atoms with Crippen molar-refractivity contribution in [3.8, 4) is 0 Å². The van der Waals surface area contributed by atoms with Crippen molar-refractivity contribution in [2.45, 2.75) is 6.04 Å². The Morgan fingerprint density at radius 1 is 0.696 bits per heavy atom. The summed E-state index contributed by atoms with van der Waals surface area (Å²) in [5.74, 6) is 0. The van der Waals surface area contributed by atoms with Gasteiger partial charge in [0.2, 0.25) is 7.29 Å². The van der Waals surface area contributed by atoms with E-state index >= 15 is 0 Å². The van der Waals surface area contributed by atoms with E-state index in [0.717, 1.165) is 17.2 Å². The SMILES string of the molecule is O=P(c1ccccc1)(c1ccccc1)N1C[C@@H]1c1ccccc1. The first-order chi connectivity index (χ1) is 11.3. The molecule has 2 atom stereocenters. The largest absolute Gasteiger partial charge is 0.296 e. The van der Waals surface area contributed by atoms with E-state index in [-0.39, 0.29) is 6.04 Å². The molecule has 23 heavy (non-hydrogen) atoms. The maximum Gasteiger partial charge on any atom is 0.207 e. The lowest BCUT2D eigenvalue weighted by Crippen LogP contribution is -2.21. The van der Waals surface area contributed by atoms with Gasteiger partial charge >= 0.3 is 0 Å². The van der Waals surface area contributed by atoms with Gasteiger partial charge in [0.1, 0.15) is 0 Å². The van der Waals surface area contributed by atoms with Gasteiger partial charge in [-0.25, -0.2) is 4.67 Å². The van der Waals surface area contributed by atoms with E-state index in [0.29, 0.717) is 0 Å². The molecule has 0 amide bonds. The van der Waals surface area contributed by atoms with Crippen molar-refractivity contribution in [1.82, 2.24) is 4.67 Å². The molecule has 0 aromatic heterocycles. The number of benzene rings is 3. The van der Waals surface area contributed by atoms with Crippen LogP contribution in [0.1, 0.15) is 11.6 Å². The fraction of sp³-hybridized carbons (Fsp3) is 0.100. The lowest BCUT2D eigenvalue weighted by Gasteiger charge is -2.21. The molecule has 4 rings (SSSR count). The molecule has 2 nitrogen and oxygen atoms in total. The second-order valence-corrected chi connectivity index (χ2v) is 8.49. The summed E-state index contributed by atoms with van der Waals surface area (Å²) in [6, 6.07) is 30.3. The Morgan fingerprint density at radius 3 is 1.61 bits per heavy atom. The average Bonchev–Trinajstić information content (AvgIpc) is 3.45. The highest BCUT2D eigenvalue weighted by Gasteiger charge is 2.49. The third kappa shape index (κ3) is 2.55. The van der Waals surface area contributed by atoms with Crippen LogP contribution < -0.4 is 10.6 Å². The van der Waals surface area contributed by atoms with Crippen molar-refractivity contribution < 1.29 is 4.57 Å². The molecule has 0 N–H and O–H groups in total. The summed E-state index contributed by atoms with van der Waals surface area (Å²) in [5, 5.41) is 1.81. The van der Waals surface area contributed by atoms with E-state index in [1.807, 2.05) is 78.9 Å². The first-order valence-corrected chi connectivity index (χ1v) is 9.49. The Morgan fingerprint density at radius 2 is 1.13 bits per heavy atom. The van der Waals surface area contributed by atoms with Crippen LogP contribution in [0.2, 0.25) is 0 Å². The minimum Gasteiger partial charge on any atom is -0.296 e. The van der Waals surface area contributed by atoms with E-state index in [1.165, 1.54) is 5.56 Å². The van der Waals surface area contributed by atoms with Crippen molar-refractivity contribution in [3.63, 3.8) is 0 Å². The number of hydrogen-bond donors (Lipinski definition) is 0. The molecular weight excluding hydrogens is 301 g/mol. The van der Waals surface area contributed by atoms with Crippen LogP contribution in [0.4, 0.5) is 0 Å². The number of hydrogen-bond acceptors (Lipinski definition) is 1. The van der Waals surface area contributed by atoms with Crippen molar-refractivity contribution >= 4 is 17.9 Å². The Bertz CT molecular complexity index is 790. The zero-order chi connectivity index (χ0) is 15.7. The molecule has 3 aromatic rings. The Balaban J connectivity index is 1.78. The van der Waals surface area contributed by atoms with Crippen LogP contribution in [-0.2, 0) is 4.57 Å². The monoisotopic (exact) mass is 319 g/mol. The van der Waals surface area contributed by atoms with E-state index < -0.39 is 7.29 Å². The topological polar surface area (TPSA) is 20.1 Å². The molecular formula is C20H18NOP. The highest BCUT2D eigenvalue weighted by Crippen LogP contribution is 2.59. The van der Waals surface area contributed by atoms with Crippen LogP contribution in [0, 0.1) is 0 Å². The van der Waals surface area contributed by atoms with Crippen molar-refractivity contribution in [2.75, 3.05) is 6.54 Å². The molecule has 0 bridgehead atoms. The van der Waals surface area contributed by atoms with Crippen LogP contribution in [0.5, 0.6) is 0 Å². The zero-order valence-electron chi connectivity index (χ0n) is 12.7. The predicted octanol–water partition coefficient (Wildman–Crippen LogP) is 3.97. The maximum atomic E-state index is 14.1. The number of rotatable bonds is 4. The Hall–Kier alpha value is -2.15. The van der Waals surface area contributed by atoms with Gasteiger partial charge in [-0.1, -0.05) is 66.7 Å². The van der Waals surface area contributed by atoms with E-state index in [4.69, 9.17) is 0 Å². The summed E-state index contributed by atoms with van der Waals surface area (Å²) >= 11 is 0. The summed E-state index contributed by atoms with van der Waals surface area (Å²) in [5.41, 5.74) is 1.24. The molecule has 3 aromatic carbocycles. The highest BCUT2D eigenvalue weighted by atomic mass is 31.2. The Labute approximate surface area is 136 Å². The Kier molecular flexibility index (Phi) is 3.65. The van der Waals surface area contributed by atoms with Gasteiger partial charge in [-0.2, -0.15) is 0 Å². The molecule has 0 saturated carbocycles. The number of nitrogens with zero attached hydrogens (tertiary/aromatic N) is 1. The van der Waals surface area contributed by atoms with E-state index in [1.54, 1.807) is 0 Å². The lowest BCUT2D eigenvalue weighted by molar-refractivity contribution is 0.559. The summed E-state index contributed by atoms with van der Waals surface area (Å²) in [7, 11) is -2.77. The summed E-state index contributed by atoms with van der Waals surface area (Å²) in [6.45, 7) is 0.838. The van der Waals surface area contributed by atoms with Gasteiger partial charge in [-0.05, 0) is 29.8 Å². The van der Waals surface area contributed by atoms with Gasteiger partial charge in [-0.15, -0.1) is 0 Å². The van der Waals surface area contributed by atoms with E-state index in [2.05, 4.69) is 16.8 Å². The second kappa shape index (κ2) is 5.81. The molecule has 1 unspecified atom stereocenters. The van der Waals surface area contributed by atoms with Gasteiger partial charge < -0.3 is 0 Å². The van der Waals surface area contributed by atoms with Crippen LogP contribution in [-0.4, -0.2) is 11.2 Å². The molecule has 0 spiro atoms. The van der Waals surface area contributed by atoms with Crippen molar-refractivity contribution in [3.05, 3.63) is 96.6 Å². The van der Waals surface area contributed by atoms with Gasteiger partial charge in [0.05, 0.1) is 6.04 Å². The van der Waals surface area contributed by atoms with Gasteiger partial charge in [0, 0.05) is 17.2 Å². The molecule has 0 aliphatic carbocycles. The third-order valence-corrected chi connectivity index (χ3v) is 7.51. The molecule has 1 heterocycles. The van der Waals surface area contributed by atoms with Gasteiger partial charge in [0.15, 0.2) is 0 Å².